The van der Waals surface area contributed by atoms with Gasteiger partial charge < -0.3 is 5.32 Å². The van der Waals surface area contributed by atoms with Crippen molar-refractivity contribution < 1.29 is 0 Å². The van der Waals surface area contributed by atoms with Gasteiger partial charge in [0.2, 0.25) is 0 Å². The van der Waals surface area contributed by atoms with Gasteiger partial charge in [-0.15, -0.1) is 0 Å². The minimum absolute atomic E-state index is 0.701. The SMILES string of the molecule is CCCCCN(C(C)C)C1CCCC(NCCC)C1. The fourth-order valence-corrected chi connectivity index (χ4v) is 3.41. The van der Waals surface area contributed by atoms with Crippen LogP contribution in [-0.2, 0) is 0 Å². The van der Waals surface area contributed by atoms with Crippen LogP contribution in [0.15, 0.2) is 0 Å². The highest BCUT2D eigenvalue weighted by molar-refractivity contribution is 4.85. The Kier molecular flexibility index (Phi) is 8.72. The van der Waals surface area contributed by atoms with E-state index in [1.54, 1.807) is 0 Å². The second-order valence-corrected chi connectivity index (χ2v) is 6.51. The van der Waals surface area contributed by atoms with Crippen LogP contribution in [0.5, 0.6) is 0 Å². The third-order valence-corrected chi connectivity index (χ3v) is 4.48. The molecule has 1 rings (SSSR count). The quantitative estimate of drug-likeness (QED) is 0.631. The molecule has 1 aliphatic rings. The van der Waals surface area contributed by atoms with Gasteiger partial charge in [0.25, 0.3) is 0 Å². The Morgan fingerprint density at radius 3 is 2.53 bits per heavy atom. The summed E-state index contributed by atoms with van der Waals surface area (Å²) in [4.78, 5) is 2.77. The molecular weight excluding hydrogens is 232 g/mol. The fourth-order valence-electron chi connectivity index (χ4n) is 3.41. The van der Waals surface area contributed by atoms with Crippen LogP contribution >= 0.6 is 0 Å². The first kappa shape index (κ1) is 17.0. The average molecular weight is 268 g/mol. The summed E-state index contributed by atoms with van der Waals surface area (Å²) >= 11 is 0. The maximum absolute atomic E-state index is 3.74. The summed E-state index contributed by atoms with van der Waals surface area (Å²) in [5.41, 5.74) is 0. The molecule has 0 bridgehead atoms. The number of unbranched alkanes of at least 4 members (excludes halogenated alkanes) is 2. The Balaban J connectivity index is 2.43. The summed E-state index contributed by atoms with van der Waals surface area (Å²) in [6.07, 6.45) is 10.9. The van der Waals surface area contributed by atoms with Crippen molar-refractivity contribution in [3.05, 3.63) is 0 Å². The second-order valence-electron chi connectivity index (χ2n) is 6.51. The molecule has 0 aliphatic heterocycles. The zero-order valence-corrected chi connectivity index (χ0v) is 13.8. The summed E-state index contributed by atoms with van der Waals surface area (Å²) < 4.78 is 0. The van der Waals surface area contributed by atoms with Gasteiger partial charge >= 0.3 is 0 Å². The maximum atomic E-state index is 3.74. The van der Waals surface area contributed by atoms with Gasteiger partial charge in [-0.05, 0) is 59.0 Å². The van der Waals surface area contributed by atoms with Crippen LogP contribution in [0.2, 0.25) is 0 Å². The first-order valence-corrected chi connectivity index (χ1v) is 8.68. The molecule has 0 aromatic heterocycles. The van der Waals surface area contributed by atoms with E-state index in [1.165, 1.54) is 64.5 Å². The molecule has 2 nitrogen and oxygen atoms in total. The van der Waals surface area contributed by atoms with E-state index < -0.39 is 0 Å². The summed E-state index contributed by atoms with van der Waals surface area (Å²) in [6, 6.07) is 2.29. The lowest BCUT2D eigenvalue weighted by Gasteiger charge is -2.40. The Morgan fingerprint density at radius 1 is 1.11 bits per heavy atom. The first-order chi connectivity index (χ1) is 9.19. The summed E-state index contributed by atoms with van der Waals surface area (Å²) in [6.45, 7) is 11.8. The van der Waals surface area contributed by atoms with E-state index in [2.05, 4.69) is 37.9 Å². The highest BCUT2D eigenvalue weighted by Crippen LogP contribution is 2.25. The zero-order chi connectivity index (χ0) is 14.1. The van der Waals surface area contributed by atoms with E-state index in [1.807, 2.05) is 0 Å². The molecule has 0 amide bonds. The van der Waals surface area contributed by atoms with Gasteiger partial charge in [0.05, 0.1) is 0 Å². The molecule has 0 spiro atoms. The number of hydrogen-bond acceptors (Lipinski definition) is 2. The molecule has 0 heterocycles. The lowest BCUT2D eigenvalue weighted by Crippen LogP contribution is -2.47. The van der Waals surface area contributed by atoms with Crippen molar-refractivity contribution >= 4 is 0 Å². The molecule has 0 radical (unpaired) electrons. The van der Waals surface area contributed by atoms with Crippen LogP contribution < -0.4 is 5.32 Å². The fraction of sp³-hybridized carbons (Fsp3) is 1.00. The van der Waals surface area contributed by atoms with E-state index in [0.29, 0.717) is 6.04 Å². The van der Waals surface area contributed by atoms with Crippen LogP contribution in [-0.4, -0.2) is 36.1 Å². The monoisotopic (exact) mass is 268 g/mol. The van der Waals surface area contributed by atoms with Crippen molar-refractivity contribution in [2.24, 2.45) is 0 Å². The third kappa shape index (κ3) is 6.27. The number of nitrogens with one attached hydrogen (secondary N) is 1. The van der Waals surface area contributed by atoms with Crippen molar-refractivity contribution in [1.82, 2.24) is 10.2 Å². The second kappa shape index (κ2) is 9.77. The average Bonchev–Trinajstić information content (AvgIpc) is 2.41. The van der Waals surface area contributed by atoms with E-state index >= 15 is 0 Å². The van der Waals surface area contributed by atoms with Crippen LogP contribution in [0.3, 0.4) is 0 Å². The van der Waals surface area contributed by atoms with Crippen molar-refractivity contribution in [3.8, 4) is 0 Å². The normalized spacial score (nSPS) is 24.3. The smallest absolute Gasteiger partial charge is 0.0113 e. The lowest BCUT2D eigenvalue weighted by atomic mass is 9.89. The highest BCUT2D eigenvalue weighted by Gasteiger charge is 2.27. The van der Waals surface area contributed by atoms with Crippen LogP contribution in [0.1, 0.15) is 79.1 Å². The summed E-state index contributed by atoms with van der Waals surface area (Å²) in [7, 11) is 0. The number of hydrogen-bond donors (Lipinski definition) is 1. The van der Waals surface area contributed by atoms with Crippen molar-refractivity contribution in [2.75, 3.05) is 13.1 Å². The van der Waals surface area contributed by atoms with Gasteiger partial charge in [-0.2, -0.15) is 0 Å². The van der Waals surface area contributed by atoms with Crippen LogP contribution in [0.4, 0.5) is 0 Å². The van der Waals surface area contributed by atoms with Gasteiger partial charge in [0.1, 0.15) is 0 Å². The largest absolute Gasteiger partial charge is 0.314 e. The van der Waals surface area contributed by atoms with E-state index in [9.17, 15) is 0 Å². The molecule has 1 saturated carbocycles. The molecule has 1 fully saturated rings. The Labute approximate surface area is 121 Å². The van der Waals surface area contributed by atoms with Crippen molar-refractivity contribution in [1.29, 1.82) is 0 Å². The van der Waals surface area contributed by atoms with E-state index in [0.717, 1.165) is 12.1 Å². The Hall–Kier alpha value is -0.0800. The van der Waals surface area contributed by atoms with E-state index in [4.69, 9.17) is 0 Å². The molecule has 114 valence electrons. The van der Waals surface area contributed by atoms with Gasteiger partial charge in [0, 0.05) is 18.1 Å². The van der Waals surface area contributed by atoms with E-state index in [-0.39, 0.29) is 0 Å². The molecule has 0 saturated heterocycles. The summed E-state index contributed by atoms with van der Waals surface area (Å²) in [5.74, 6) is 0. The van der Waals surface area contributed by atoms with Crippen molar-refractivity contribution in [3.63, 3.8) is 0 Å². The zero-order valence-electron chi connectivity index (χ0n) is 13.8. The molecule has 0 aromatic rings. The van der Waals surface area contributed by atoms with Gasteiger partial charge in [0.15, 0.2) is 0 Å². The van der Waals surface area contributed by atoms with Gasteiger partial charge in [-0.3, -0.25) is 4.90 Å². The molecule has 2 heteroatoms. The van der Waals surface area contributed by atoms with Gasteiger partial charge in [-0.1, -0.05) is 33.1 Å². The Bertz CT molecular complexity index is 215. The van der Waals surface area contributed by atoms with Crippen molar-refractivity contribution in [2.45, 2.75) is 97.2 Å². The van der Waals surface area contributed by atoms with Gasteiger partial charge in [-0.25, -0.2) is 0 Å². The third-order valence-electron chi connectivity index (χ3n) is 4.48. The van der Waals surface area contributed by atoms with Crippen LogP contribution in [0, 0.1) is 0 Å². The molecular formula is C17H36N2. The predicted octanol–water partition coefficient (Wildman–Crippen LogP) is 4.20. The molecule has 1 aliphatic carbocycles. The molecule has 2 atom stereocenters. The standard InChI is InChI=1S/C17H36N2/c1-5-7-8-13-19(15(3)4)17-11-9-10-16(14-17)18-12-6-2/h15-18H,5-14H2,1-4H3. The lowest BCUT2D eigenvalue weighted by molar-refractivity contribution is 0.105. The molecule has 0 aromatic carbocycles. The minimum atomic E-state index is 0.701. The number of rotatable bonds is 9. The molecule has 1 N–H and O–H groups in total. The first-order valence-electron chi connectivity index (χ1n) is 8.68. The maximum Gasteiger partial charge on any atom is 0.0113 e. The topological polar surface area (TPSA) is 15.3 Å². The van der Waals surface area contributed by atoms with Crippen LogP contribution in [0.25, 0.3) is 0 Å². The predicted molar refractivity (Wildman–Crippen MR) is 85.7 cm³/mol. The molecule has 19 heavy (non-hydrogen) atoms. The minimum Gasteiger partial charge on any atom is -0.314 e. The number of nitrogens with zero attached hydrogens (tertiary/aromatic N) is 1. The molecule has 2 unspecified atom stereocenters. The highest BCUT2D eigenvalue weighted by atomic mass is 15.2. The Morgan fingerprint density at radius 2 is 1.89 bits per heavy atom. The summed E-state index contributed by atoms with van der Waals surface area (Å²) in [5, 5.41) is 3.74.